The largest absolute Gasteiger partial charge is 0.504 e. The van der Waals surface area contributed by atoms with Crippen molar-refractivity contribution in [2.45, 2.75) is 78.7 Å². The molecule has 2 aliphatic carbocycles. The van der Waals surface area contributed by atoms with Gasteiger partial charge in [-0.3, -0.25) is 4.79 Å². The molecule has 3 aliphatic rings. The van der Waals surface area contributed by atoms with Crippen LogP contribution in [0.1, 0.15) is 72.3 Å². The van der Waals surface area contributed by atoms with E-state index in [0.29, 0.717) is 11.8 Å². The Kier molecular flexibility index (Phi) is 4.07. The van der Waals surface area contributed by atoms with Gasteiger partial charge < -0.3 is 14.6 Å². The molecule has 27 heavy (non-hydrogen) atoms. The van der Waals surface area contributed by atoms with Crippen molar-refractivity contribution >= 4 is 5.97 Å². The third-order valence-electron chi connectivity index (χ3n) is 8.06. The van der Waals surface area contributed by atoms with Crippen LogP contribution in [0, 0.1) is 22.7 Å². The van der Waals surface area contributed by atoms with E-state index in [0.717, 1.165) is 24.2 Å². The van der Waals surface area contributed by atoms with E-state index < -0.39 is 5.97 Å². The summed E-state index contributed by atoms with van der Waals surface area (Å²) in [5.74, 6) is 1.61. The minimum absolute atomic E-state index is 0.0283. The molecule has 0 bridgehead atoms. The van der Waals surface area contributed by atoms with E-state index in [2.05, 4.69) is 27.7 Å². The van der Waals surface area contributed by atoms with Crippen LogP contribution in [0.4, 0.5) is 0 Å². The van der Waals surface area contributed by atoms with Crippen molar-refractivity contribution < 1.29 is 19.4 Å². The summed E-state index contributed by atoms with van der Waals surface area (Å²) in [5.41, 5.74) is 1.14. The zero-order valence-corrected chi connectivity index (χ0v) is 17.2. The van der Waals surface area contributed by atoms with Crippen LogP contribution >= 0.6 is 0 Å². The van der Waals surface area contributed by atoms with E-state index in [9.17, 15) is 9.90 Å². The van der Waals surface area contributed by atoms with E-state index in [1.54, 1.807) is 12.1 Å². The lowest BCUT2D eigenvalue weighted by Gasteiger charge is -2.66. The highest BCUT2D eigenvalue weighted by Crippen LogP contribution is 2.66. The molecule has 148 valence electrons. The molecule has 2 fully saturated rings. The average Bonchev–Trinajstić information content (AvgIpc) is 2.55. The minimum Gasteiger partial charge on any atom is -0.504 e. The lowest BCUT2D eigenvalue weighted by molar-refractivity contribution is -0.210. The van der Waals surface area contributed by atoms with Crippen molar-refractivity contribution in [2.75, 3.05) is 0 Å². The summed E-state index contributed by atoms with van der Waals surface area (Å²) in [7, 11) is 0. The highest BCUT2D eigenvalue weighted by atomic mass is 16.5. The van der Waals surface area contributed by atoms with Crippen molar-refractivity contribution in [3.63, 3.8) is 0 Å². The van der Waals surface area contributed by atoms with Crippen molar-refractivity contribution in [1.82, 2.24) is 0 Å². The van der Waals surface area contributed by atoms with E-state index in [1.165, 1.54) is 32.6 Å². The first-order chi connectivity index (χ1) is 12.6. The number of phenolic OH excluding ortho intramolecular Hbond substituents is 1. The molecule has 0 radical (unpaired) electrons. The van der Waals surface area contributed by atoms with Gasteiger partial charge in [-0.15, -0.1) is 0 Å². The first-order valence-electron chi connectivity index (χ1n) is 10.3. The standard InChI is InChI=1S/C23H32O4/c1-14-7-8-20-21(3,4)9-6-10-23(20)22(14,5)13-16-11-19(26-15(2)24)17(25)12-18(16)27-23/h11-12,14,20,25H,6-10,13H2,1-5H3. The van der Waals surface area contributed by atoms with Gasteiger partial charge >= 0.3 is 5.97 Å². The number of hydrogen-bond acceptors (Lipinski definition) is 4. The third-order valence-corrected chi connectivity index (χ3v) is 8.06. The van der Waals surface area contributed by atoms with Gasteiger partial charge in [0, 0.05) is 24.3 Å². The number of hydrogen-bond donors (Lipinski definition) is 1. The average molecular weight is 373 g/mol. The van der Waals surface area contributed by atoms with Crippen LogP contribution in [0.15, 0.2) is 12.1 Å². The van der Waals surface area contributed by atoms with Crippen LogP contribution in [0.25, 0.3) is 0 Å². The maximum atomic E-state index is 11.4. The summed E-state index contributed by atoms with van der Waals surface area (Å²) in [6, 6.07) is 3.45. The Hall–Kier alpha value is -1.71. The molecule has 4 rings (SSSR count). The molecule has 1 heterocycles. The lowest BCUT2D eigenvalue weighted by Crippen LogP contribution is -2.68. The van der Waals surface area contributed by atoms with E-state index >= 15 is 0 Å². The summed E-state index contributed by atoms with van der Waals surface area (Å²) < 4.78 is 12.1. The first-order valence-corrected chi connectivity index (χ1v) is 10.3. The number of rotatable bonds is 1. The Balaban J connectivity index is 1.83. The fourth-order valence-electron chi connectivity index (χ4n) is 6.46. The maximum absolute atomic E-state index is 11.4. The zero-order valence-electron chi connectivity index (χ0n) is 17.2. The Morgan fingerprint density at radius 2 is 1.96 bits per heavy atom. The second-order valence-corrected chi connectivity index (χ2v) is 9.98. The molecular weight excluding hydrogens is 340 g/mol. The van der Waals surface area contributed by atoms with Gasteiger partial charge in [0.1, 0.15) is 11.4 Å². The minimum atomic E-state index is -0.426. The van der Waals surface area contributed by atoms with Crippen molar-refractivity contribution in [3.8, 4) is 17.2 Å². The fourth-order valence-corrected chi connectivity index (χ4v) is 6.46. The number of carbonyl (C=O) groups excluding carboxylic acids is 1. The monoisotopic (exact) mass is 372 g/mol. The van der Waals surface area contributed by atoms with Gasteiger partial charge in [0.25, 0.3) is 0 Å². The Morgan fingerprint density at radius 3 is 2.67 bits per heavy atom. The lowest BCUT2D eigenvalue weighted by atomic mass is 9.44. The van der Waals surface area contributed by atoms with Crippen molar-refractivity contribution in [1.29, 1.82) is 0 Å². The highest BCUT2D eigenvalue weighted by Gasteiger charge is 2.65. The number of aromatic hydroxyl groups is 1. The number of ether oxygens (including phenoxy) is 2. The molecule has 2 saturated carbocycles. The van der Waals surface area contributed by atoms with Crippen LogP contribution in [-0.2, 0) is 11.2 Å². The van der Waals surface area contributed by atoms with E-state index in [1.807, 2.05) is 0 Å². The quantitative estimate of drug-likeness (QED) is 0.540. The second-order valence-electron chi connectivity index (χ2n) is 9.98. The summed E-state index contributed by atoms with van der Waals surface area (Å²) in [6.45, 7) is 10.9. The zero-order chi connectivity index (χ0) is 19.6. The molecule has 1 N–H and O–H groups in total. The Morgan fingerprint density at radius 1 is 1.22 bits per heavy atom. The van der Waals surface area contributed by atoms with Gasteiger partial charge in [0.15, 0.2) is 11.5 Å². The number of esters is 1. The molecule has 1 aromatic rings. The third kappa shape index (κ3) is 2.59. The normalized spacial score (nSPS) is 36.6. The maximum Gasteiger partial charge on any atom is 0.308 e. The number of carbonyl (C=O) groups is 1. The Bertz CT molecular complexity index is 783. The highest BCUT2D eigenvalue weighted by molar-refractivity contribution is 5.71. The molecule has 4 unspecified atom stereocenters. The predicted octanol–water partition coefficient (Wildman–Crippen LogP) is 5.25. The SMILES string of the molecule is CC(=O)Oc1cc2c(cc1O)OC13CCCC(C)(C)C1CCC(C)C3(C)C2. The van der Waals surface area contributed by atoms with Crippen molar-refractivity contribution in [3.05, 3.63) is 17.7 Å². The molecule has 1 spiro atoms. The summed E-state index contributed by atoms with van der Waals surface area (Å²) >= 11 is 0. The Labute approximate surface area is 162 Å². The molecule has 0 saturated heterocycles. The van der Waals surface area contributed by atoms with Gasteiger partial charge in [-0.2, -0.15) is 0 Å². The fraction of sp³-hybridized carbons (Fsp3) is 0.696. The smallest absolute Gasteiger partial charge is 0.308 e. The number of benzene rings is 1. The molecular formula is C23H32O4. The summed E-state index contributed by atoms with van der Waals surface area (Å²) in [5, 5.41) is 10.4. The molecule has 1 aliphatic heterocycles. The van der Waals surface area contributed by atoms with E-state index in [-0.39, 0.29) is 27.9 Å². The van der Waals surface area contributed by atoms with E-state index in [4.69, 9.17) is 9.47 Å². The number of fused-ring (bicyclic) bond motifs is 1. The predicted molar refractivity (Wildman–Crippen MR) is 104 cm³/mol. The summed E-state index contributed by atoms with van der Waals surface area (Å²) in [6.07, 6.45) is 6.82. The van der Waals surface area contributed by atoms with Crippen LogP contribution in [0.5, 0.6) is 17.2 Å². The van der Waals surface area contributed by atoms with Gasteiger partial charge in [-0.05, 0) is 61.5 Å². The van der Waals surface area contributed by atoms with Gasteiger partial charge in [0.2, 0.25) is 0 Å². The van der Waals surface area contributed by atoms with Crippen LogP contribution in [-0.4, -0.2) is 16.7 Å². The van der Waals surface area contributed by atoms with Gasteiger partial charge in [-0.1, -0.05) is 27.7 Å². The topological polar surface area (TPSA) is 55.8 Å². The van der Waals surface area contributed by atoms with Crippen LogP contribution in [0.3, 0.4) is 0 Å². The van der Waals surface area contributed by atoms with Crippen molar-refractivity contribution in [2.24, 2.45) is 22.7 Å². The second kappa shape index (κ2) is 5.89. The molecule has 0 amide bonds. The van der Waals surface area contributed by atoms with Gasteiger partial charge in [-0.25, -0.2) is 0 Å². The number of phenols is 1. The van der Waals surface area contributed by atoms with Crippen LogP contribution < -0.4 is 9.47 Å². The molecule has 4 nitrogen and oxygen atoms in total. The van der Waals surface area contributed by atoms with Crippen LogP contribution in [0.2, 0.25) is 0 Å². The van der Waals surface area contributed by atoms with Gasteiger partial charge in [0.05, 0.1) is 0 Å². The molecule has 0 aromatic heterocycles. The summed E-state index contributed by atoms with van der Waals surface area (Å²) in [4.78, 5) is 11.4. The molecule has 1 aromatic carbocycles. The molecule has 4 atom stereocenters. The first kappa shape index (κ1) is 18.6. The molecule has 4 heteroatoms.